The normalized spacial score (nSPS) is 18.3. The third-order valence-electron chi connectivity index (χ3n) is 4.28. The van der Waals surface area contributed by atoms with E-state index in [1.807, 2.05) is 13.8 Å². The summed E-state index contributed by atoms with van der Waals surface area (Å²) in [5, 5.41) is 13.1. The van der Waals surface area contributed by atoms with E-state index >= 15 is 0 Å². The zero-order valence-electron chi connectivity index (χ0n) is 13.8. The van der Waals surface area contributed by atoms with E-state index in [4.69, 9.17) is 0 Å². The minimum absolute atomic E-state index is 0.175. The van der Waals surface area contributed by atoms with Crippen LogP contribution in [0.3, 0.4) is 0 Å². The summed E-state index contributed by atoms with van der Waals surface area (Å²) in [6.07, 6.45) is 2.48. The van der Waals surface area contributed by atoms with Crippen LogP contribution in [0.25, 0.3) is 0 Å². The van der Waals surface area contributed by atoms with Gasteiger partial charge in [-0.1, -0.05) is 24.3 Å². The summed E-state index contributed by atoms with van der Waals surface area (Å²) in [5.41, 5.74) is 4.39. The van der Waals surface area contributed by atoms with Gasteiger partial charge in [-0.25, -0.2) is 4.98 Å². The molecular formula is C18H24N4O. The summed E-state index contributed by atoms with van der Waals surface area (Å²) in [5.74, 6) is 0.844. The van der Waals surface area contributed by atoms with E-state index in [0.717, 1.165) is 49.8 Å². The summed E-state index contributed by atoms with van der Waals surface area (Å²) < 4.78 is 0. The van der Waals surface area contributed by atoms with Gasteiger partial charge in [-0.2, -0.15) is 0 Å². The second-order valence-electron chi connectivity index (χ2n) is 6.25. The molecule has 23 heavy (non-hydrogen) atoms. The van der Waals surface area contributed by atoms with Gasteiger partial charge < -0.3 is 10.4 Å². The highest BCUT2D eigenvalue weighted by molar-refractivity contribution is 5.41. The lowest BCUT2D eigenvalue weighted by molar-refractivity contribution is 0.174. The van der Waals surface area contributed by atoms with Crippen LogP contribution in [0.2, 0.25) is 0 Å². The second-order valence-corrected chi connectivity index (χ2v) is 6.25. The van der Waals surface area contributed by atoms with Crippen molar-refractivity contribution in [1.82, 2.24) is 14.9 Å². The maximum Gasteiger partial charge on any atom is 0.148 e. The van der Waals surface area contributed by atoms with Gasteiger partial charge in [0.2, 0.25) is 0 Å². The average molecular weight is 312 g/mol. The standard InChI is InChI=1S/C18H24N4O/c1-13-9-19-14(2)18(21-13)20-10-15-5-3-4-6-16(15)11-22-8-7-17(23)12-22/h3-6,9,17,23H,7-8,10-12H2,1-2H3,(H,20,21)/t17-/m1/s1. The number of aliphatic hydroxyl groups is 1. The lowest BCUT2D eigenvalue weighted by atomic mass is 10.1. The number of β-amino-alcohol motifs (C(OH)–C–C–N with tert-alkyl or cyclic N) is 1. The van der Waals surface area contributed by atoms with Crippen LogP contribution in [-0.4, -0.2) is 39.2 Å². The quantitative estimate of drug-likeness (QED) is 0.887. The summed E-state index contributed by atoms with van der Waals surface area (Å²) >= 11 is 0. The Morgan fingerprint density at radius 1 is 1.26 bits per heavy atom. The maximum atomic E-state index is 9.69. The van der Waals surface area contributed by atoms with E-state index < -0.39 is 0 Å². The molecule has 122 valence electrons. The van der Waals surface area contributed by atoms with Gasteiger partial charge >= 0.3 is 0 Å². The first kappa shape index (κ1) is 15.9. The Balaban J connectivity index is 1.69. The molecule has 0 radical (unpaired) electrons. The number of aromatic nitrogens is 2. The van der Waals surface area contributed by atoms with Gasteiger partial charge in [0.1, 0.15) is 5.82 Å². The molecule has 1 fully saturated rings. The van der Waals surface area contributed by atoms with Gasteiger partial charge in [0.15, 0.2) is 0 Å². The Bertz CT molecular complexity index is 674. The molecule has 0 amide bonds. The molecule has 1 aromatic carbocycles. The minimum atomic E-state index is -0.175. The third kappa shape index (κ3) is 4.06. The van der Waals surface area contributed by atoms with Crippen molar-refractivity contribution in [3.05, 3.63) is 53.0 Å². The number of aryl methyl sites for hydroxylation is 2. The lowest BCUT2D eigenvalue weighted by Crippen LogP contribution is -2.22. The van der Waals surface area contributed by atoms with Gasteiger partial charge in [-0.15, -0.1) is 0 Å². The molecule has 0 bridgehead atoms. The fourth-order valence-corrected chi connectivity index (χ4v) is 2.96. The molecule has 2 aromatic rings. The van der Waals surface area contributed by atoms with Crippen molar-refractivity contribution >= 4 is 5.82 Å². The molecule has 2 heterocycles. The molecule has 5 nitrogen and oxygen atoms in total. The van der Waals surface area contributed by atoms with Crippen LogP contribution in [0.5, 0.6) is 0 Å². The molecule has 0 unspecified atom stereocenters. The molecule has 5 heteroatoms. The smallest absolute Gasteiger partial charge is 0.148 e. The van der Waals surface area contributed by atoms with Crippen LogP contribution in [0.15, 0.2) is 30.5 Å². The zero-order valence-corrected chi connectivity index (χ0v) is 13.8. The molecular weight excluding hydrogens is 288 g/mol. The molecule has 0 aliphatic carbocycles. The molecule has 0 spiro atoms. The Morgan fingerprint density at radius 2 is 2.04 bits per heavy atom. The highest BCUT2D eigenvalue weighted by atomic mass is 16.3. The van der Waals surface area contributed by atoms with E-state index in [1.54, 1.807) is 6.20 Å². The van der Waals surface area contributed by atoms with Crippen LogP contribution in [0.1, 0.15) is 28.9 Å². The Morgan fingerprint density at radius 3 is 2.78 bits per heavy atom. The second kappa shape index (κ2) is 7.06. The summed E-state index contributed by atoms with van der Waals surface area (Å²) in [6, 6.07) is 8.45. The van der Waals surface area contributed by atoms with Crippen molar-refractivity contribution in [1.29, 1.82) is 0 Å². The lowest BCUT2D eigenvalue weighted by Gasteiger charge is -2.18. The Kier molecular flexibility index (Phi) is 4.88. The Labute approximate surface area is 137 Å². The number of benzene rings is 1. The molecule has 1 aliphatic rings. The van der Waals surface area contributed by atoms with E-state index in [9.17, 15) is 5.11 Å². The zero-order chi connectivity index (χ0) is 16.2. The molecule has 2 N–H and O–H groups in total. The fourth-order valence-electron chi connectivity index (χ4n) is 2.96. The van der Waals surface area contributed by atoms with Crippen molar-refractivity contribution in [2.24, 2.45) is 0 Å². The van der Waals surface area contributed by atoms with Gasteiger partial charge in [-0.3, -0.25) is 9.88 Å². The number of hydrogen-bond donors (Lipinski definition) is 2. The van der Waals surface area contributed by atoms with Crippen LogP contribution >= 0.6 is 0 Å². The highest BCUT2D eigenvalue weighted by Crippen LogP contribution is 2.18. The number of hydrogen-bond acceptors (Lipinski definition) is 5. The summed E-state index contributed by atoms with van der Waals surface area (Å²) in [7, 11) is 0. The predicted molar refractivity (Wildman–Crippen MR) is 91.2 cm³/mol. The monoisotopic (exact) mass is 312 g/mol. The number of nitrogens with zero attached hydrogens (tertiary/aromatic N) is 3. The molecule has 1 atom stereocenters. The van der Waals surface area contributed by atoms with Crippen LogP contribution in [0.4, 0.5) is 5.82 Å². The van der Waals surface area contributed by atoms with Crippen molar-refractivity contribution in [2.75, 3.05) is 18.4 Å². The molecule has 0 saturated carbocycles. The van der Waals surface area contributed by atoms with Crippen molar-refractivity contribution in [3.8, 4) is 0 Å². The molecule has 1 saturated heterocycles. The first-order chi connectivity index (χ1) is 11.1. The maximum absolute atomic E-state index is 9.69. The van der Waals surface area contributed by atoms with E-state index in [0.29, 0.717) is 0 Å². The average Bonchev–Trinajstić information content (AvgIpc) is 2.94. The number of rotatable bonds is 5. The molecule has 1 aliphatic heterocycles. The Hall–Kier alpha value is -1.98. The largest absolute Gasteiger partial charge is 0.392 e. The highest BCUT2D eigenvalue weighted by Gasteiger charge is 2.20. The molecule has 1 aromatic heterocycles. The first-order valence-electron chi connectivity index (χ1n) is 8.13. The van der Waals surface area contributed by atoms with Crippen LogP contribution in [0, 0.1) is 13.8 Å². The van der Waals surface area contributed by atoms with Gasteiger partial charge in [0.05, 0.1) is 17.5 Å². The van der Waals surface area contributed by atoms with E-state index in [1.165, 1.54) is 11.1 Å². The summed E-state index contributed by atoms with van der Waals surface area (Å²) in [6.45, 7) is 7.26. The van der Waals surface area contributed by atoms with Crippen LogP contribution < -0.4 is 5.32 Å². The number of anilines is 1. The van der Waals surface area contributed by atoms with Crippen molar-refractivity contribution in [3.63, 3.8) is 0 Å². The van der Waals surface area contributed by atoms with Gasteiger partial charge in [-0.05, 0) is 31.4 Å². The van der Waals surface area contributed by atoms with Crippen molar-refractivity contribution in [2.45, 2.75) is 39.5 Å². The number of nitrogens with one attached hydrogen (secondary N) is 1. The molecule has 3 rings (SSSR count). The first-order valence-corrected chi connectivity index (χ1v) is 8.13. The SMILES string of the molecule is Cc1cnc(C)c(NCc2ccccc2CN2CC[C@@H](O)C2)n1. The minimum Gasteiger partial charge on any atom is -0.392 e. The van der Waals surface area contributed by atoms with Gasteiger partial charge in [0.25, 0.3) is 0 Å². The summed E-state index contributed by atoms with van der Waals surface area (Å²) in [4.78, 5) is 11.2. The predicted octanol–water partition coefficient (Wildman–Crippen LogP) is 2.27. The number of likely N-dealkylation sites (tertiary alicyclic amines) is 1. The van der Waals surface area contributed by atoms with Gasteiger partial charge in [0, 0.05) is 32.4 Å². The van der Waals surface area contributed by atoms with E-state index in [2.05, 4.69) is 44.5 Å². The van der Waals surface area contributed by atoms with Crippen LogP contribution in [-0.2, 0) is 13.1 Å². The third-order valence-corrected chi connectivity index (χ3v) is 4.28. The van der Waals surface area contributed by atoms with Crippen molar-refractivity contribution < 1.29 is 5.11 Å². The topological polar surface area (TPSA) is 61.3 Å². The fraction of sp³-hybridized carbons (Fsp3) is 0.444. The van der Waals surface area contributed by atoms with E-state index in [-0.39, 0.29) is 6.10 Å². The number of aliphatic hydroxyl groups excluding tert-OH is 1.